The van der Waals surface area contributed by atoms with E-state index in [1.807, 2.05) is 31.2 Å². The average molecular weight is 490 g/mol. The molecular weight excluding hydrogens is 462 g/mol. The third-order valence-corrected chi connectivity index (χ3v) is 4.70. The number of carbonyl (C=O) groups excluding carboxylic acids is 2. The Morgan fingerprint density at radius 1 is 1.06 bits per heavy atom. The molecule has 0 aliphatic carbocycles. The number of para-hydroxylation sites is 1. The van der Waals surface area contributed by atoms with Gasteiger partial charge in [-0.2, -0.15) is 5.10 Å². The highest BCUT2D eigenvalue weighted by Gasteiger charge is 2.12. The lowest BCUT2D eigenvalue weighted by Crippen LogP contribution is -2.20. The predicted molar refractivity (Wildman–Crippen MR) is 126 cm³/mol. The minimum Gasteiger partial charge on any atom is -0.490 e. The van der Waals surface area contributed by atoms with Crippen molar-refractivity contribution in [3.63, 3.8) is 0 Å². The molecule has 31 heavy (non-hydrogen) atoms. The molecule has 2 rings (SSSR count). The molecule has 0 saturated heterocycles. The molecule has 0 saturated carbocycles. The van der Waals surface area contributed by atoms with E-state index < -0.39 is 0 Å². The van der Waals surface area contributed by atoms with Gasteiger partial charge in [0, 0.05) is 18.5 Å². The number of rotatable bonds is 12. The van der Waals surface area contributed by atoms with Crippen LogP contribution in [0.5, 0.6) is 11.5 Å². The number of hydrazone groups is 1. The van der Waals surface area contributed by atoms with E-state index >= 15 is 0 Å². The highest BCUT2D eigenvalue weighted by molar-refractivity contribution is 9.10. The zero-order chi connectivity index (χ0) is 22.5. The lowest BCUT2D eigenvalue weighted by Gasteiger charge is -2.14. The Kier molecular flexibility index (Phi) is 10.6. The maximum atomic E-state index is 12.0. The molecule has 0 spiro atoms. The Morgan fingerprint density at radius 2 is 1.81 bits per heavy atom. The summed E-state index contributed by atoms with van der Waals surface area (Å²) >= 11 is 3.51. The second-order valence-electron chi connectivity index (χ2n) is 6.67. The topological polar surface area (TPSA) is 89.0 Å². The first kappa shape index (κ1) is 24.4. The molecule has 0 radical (unpaired) electrons. The van der Waals surface area contributed by atoms with Gasteiger partial charge in [0.1, 0.15) is 0 Å². The number of carbonyl (C=O) groups is 2. The van der Waals surface area contributed by atoms with E-state index in [9.17, 15) is 9.59 Å². The van der Waals surface area contributed by atoms with Gasteiger partial charge in [-0.1, -0.05) is 31.5 Å². The van der Waals surface area contributed by atoms with Crippen LogP contribution < -0.4 is 20.2 Å². The van der Waals surface area contributed by atoms with Crippen molar-refractivity contribution in [1.82, 2.24) is 5.43 Å². The average Bonchev–Trinajstić information content (AvgIpc) is 2.75. The minimum atomic E-state index is -0.344. The van der Waals surface area contributed by atoms with Crippen LogP contribution in [-0.2, 0) is 9.59 Å². The normalized spacial score (nSPS) is 10.7. The third-order valence-electron chi connectivity index (χ3n) is 4.12. The summed E-state index contributed by atoms with van der Waals surface area (Å²) in [7, 11) is 0. The zero-order valence-electron chi connectivity index (χ0n) is 17.8. The summed E-state index contributed by atoms with van der Waals surface area (Å²) in [6.45, 7) is 5.11. The first-order chi connectivity index (χ1) is 15.0. The van der Waals surface area contributed by atoms with E-state index in [4.69, 9.17) is 9.47 Å². The number of hydrogen-bond acceptors (Lipinski definition) is 5. The first-order valence-electron chi connectivity index (χ1n) is 10.3. The molecule has 0 bridgehead atoms. The van der Waals surface area contributed by atoms with Crippen LogP contribution in [0.1, 0.15) is 45.1 Å². The van der Waals surface area contributed by atoms with Gasteiger partial charge in [0.05, 0.1) is 23.9 Å². The minimum absolute atomic E-state index is 0.0358. The number of nitrogens with one attached hydrogen (secondary N) is 2. The molecule has 0 aliphatic rings. The van der Waals surface area contributed by atoms with Crippen molar-refractivity contribution < 1.29 is 19.1 Å². The molecule has 2 aromatic carbocycles. The summed E-state index contributed by atoms with van der Waals surface area (Å²) in [5.74, 6) is 0.691. The number of hydrogen-bond donors (Lipinski definition) is 2. The molecule has 0 unspecified atom stereocenters. The standard InChI is InChI=1S/C23H28BrN3O4/c1-3-5-13-31-23-19(24)14-17(15-20(23)30-4-2)16-25-27-22(29)12-11-21(28)26-18-9-7-6-8-10-18/h6-10,14-16H,3-5,11-13H2,1-2H3,(H,26,28)(H,27,29). The van der Waals surface area contributed by atoms with Crippen molar-refractivity contribution in [3.05, 3.63) is 52.5 Å². The summed E-state index contributed by atoms with van der Waals surface area (Å²) in [4.78, 5) is 23.9. The van der Waals surface area contributed by atoms with Crippen LogP contribution in [0, 0.1) is 0 Å². The van der Waals surface area contributed by atoms with Gasteiger partial charge >= 0.3 is 0 Å². The summed E-state index contributed by atoms with van der Waals surface area (Å²) in [6, 6.07) is 12.7. The van der Waals surface area contributed by atoms with Crippen molar-refractivity contribution in [2.24, 2.45) is 5.10 Å². The van der Waals surface area contributed by atoms with Crippen molar-refractivity contribution >= 4 is 39.6 Å². The molecule has 0 aliphatic heterocycles. The Balaban J connectivity index is 1.87. The second kappa shape index (κ2) is 13.4. The number of anilines is 1. The number of ether oxygens (including phenoxy) is 2. The molecule has 2 amide bonds. The summed E-state index contributed by atoms with van der Waals surface area (Å²) in [5.41, 5.74) is 3.88. The molecule has 0 aromatic heterocycles. The summed E-state index contributed by atoms with van der Waals surface area (Å²) in [5, 5.41) is 6.72. The molecule has 0 fully saturated rings. The Morgan fingerprint density at radius 3 is 2.52 bits per heavy atom. The maximum Gasteiger partial charge on any atom is 0.240 e. The number of halogens is 1. The SMILES string of the molecule is CCCCOc1c(Br)cc(C=NNC(=O)CCC(=O)Nc2ccccc2)cc1OCC. The van der Waals surface area contributed by atoms with E-state index in [1.54, 1.807) is 18.2 Å². The molecule has 2 aromatic rings. The molecule has 0 heterocycles. The van der Waals surface area contributed by atoms with Crippen LogP contribution in [0.2, 0.25) is 0 Å². The summed E-state index contributed by atoms with van der Waals surface area (Å²) in [6.07, 6.45) is 3.62. The molecule has 2 N–H and O–H groups in total. The van der Waals surface area contributed by atoms with Gasteiger partial charge < -0.3 is 14.8 Å². The fourth-order valence-corrected chi connectivity index (χ4v) is 3.16. The van der Waals surface area contributed by atoms with Gasteiger partial charge in [-0.05, 0) is 59.1 Å². The Hall–Kier alpha value is -2.87. The van der Waals surface area contributed by atoms with Gasteiger partial charge in [0.15, 0.2) is 11.5 Å². The molecule has 8 heteroatoms. The van der Waals surface area contributed by atoms with E-state index in [1.165, 1.54) is 6.21 Å². The van der Waals surface area contributed by atoms with E-state index in [0.717, 1.165) is 22.9 Å². The van der Waals surface area contributed by atoms with Gasteiger partial charge in [-0.3, -0.25) is 9.59 Å². The van der Waals surface area contributed by atoms with Gasteiger partial charge in [0.2, 0.25) is 11.8 Å². The van der Waals surface area contributed by atoms with Crippen LogP contribution in [0.3, 0.4) is 0 Å². The predicted octanol–water partition coefficient (Wildman–Crippen LogP) is 4.90. The van der Waals surface area contributed by atoms with Crippen molar-refractivity contribution in [2.75, 3.05) is 18.5 Å². The molecule has 166 valence electrons. The highest BCUT2D eigenvalue weighted by atomic mass is 79.9. The van der Waals surface area contributed by atoms with Crippen molar-refractivity contribution in [1.29, 1.82) is 0 Å². The van der Waals surface area contributed by atoms with Crippen LogP contribution in [0.15, 0.2) is 52.0 Å². The largest absolute Gasteiger partial charge is 0.490 e. The fourth-order valence-electron chi connectivity index (χ4n) is 2.59. The number of nitrogens with zero attached hydrogens (tertiary/aromatic N) is 1. The third kappa shape index (κ3) is 8.80. The number of amides is 2. The quantitative estimate of drug-likeness (QED) is 0.252. The summed E-state index contributed by atoms with van der Waals surface area (Å²) < 4.78 is 12.3. The lowest BCUT2D eigenvalue weighted by molar-refractivity contribution is -0.124. The molecular formula is C23H28BrN3O4. The Labute approximate surface area is 191 Å². The van der Waals surface area contributed by atoms with Crippen LogP contribution >= 0.6 is 15.9 Å². The molecule has 7 nitrogen and oxygen atoms in total. The number of benzene rings is 2. The lowest BCUT2D eigenvalue weighted by atomic mass is 10.2. The van der Waals surface area contributed by atoms with Gasteiger partial charge in [-0.15, -0.1) is 0 Å². The highest BCUT2D eigenvalue weighted by Crippen LogP contribution is 2.36. The number of unbranched alkanes of at least 4 members (excludes halogenated alkanes) is 1. The maximum absolute atomic E-state index is 12.0. The van der Waals surface area contributed by atoms with E-state index in [2.05, 4.69) is 38.7 Å². The Bertz CT molecular complexity index is 888. The smallest absolute Gasteiger partial charge is 0.240 e. The second-order valence-corrected chi connectivity index (χ2v) is 7.53. The van der Waals surface area contributed by atoms with E-state index in [0.29, 0.717) is 30.4 Å². The van der Waals surface area contributed by atoms with E-state index in [-0.39, 0.29) is 24.7 Å². The van der Waals surface area contributed by atoms with Crippen LogP contribution in [0.25, 0.3) is 0 Å². The molecule has 0 atom stereocenters. The van der Waals surface area contributed by atoms with Crippen LogP contribution in [0.4, 0.5) is 5.69 Å². The van der Waals surface area contributed by atoms with Gasteiger partial charge in [0.25, 0.3) is 0 Å². The van der Waals surface area contributed by atoms with Crippen molar-refractivity contribution in [3.8, 4) is 11.5 Å². The first-order valence-corrected chi connectivity index (χ1v) is 11.1. The van der Waals surface area contributed by atoms with Crippen LogP contribution in [-0.4, -0.2) is 31.2 Å². The van der Waals surface area contributed by atoms with Crippen molar-refractivity contribution in [2.45, 2.75) is 39.5 Å². The monoisotopic (exact) mass is 489 g/mol. The van der Waals surface area contributed by atoms with Gasteiger partial charge in [-0.25, -0.2) is 5.43 Å². The zero-order valence-corrected chi connectivity index (χ0v) is 19.4. The fraction of sp³-hybridized carbons (Fsp3) is 0.348.